The summed E-state index contributed by atoms with van der Waals surface area (Å²) in [7, 11) is 0. The van der Waals surface area contributed by atoms with Crippen molar-refractivity contribution in [1.82, 2.24) is 5.32 Å². The third-order valence-corrected chi connectivity index (χ3v) is 3.34. The van der Waals surface area contributed by atoms with Crippen LogP contribution in [-0.4, -0.2) is 35.3 Å². The van der Waals surface area contributed by atoms with Gasteiger partial charge in [0, 0.05) is 17.0 Å². The zero-order chi connectivity index (χ0) is 15.8. The number of rotatable bonds is 7. The maximum Gasteiger partial charge on any atom is 0.326 e. The molecule has 1 aromatic rings. The fraction of sp³-hybridized carbons (Fsp3) is 0.308. The largest absolute Gasteiger partial charge is 0.480 e. The van der Waals surface area contributed by atoms with Gasteiger partial charge in [0.2, 0.25) is 5.91 Å². The fourth-order valence-corrected chi connectivity index (χ4v) is 2.03. The molecule has 7 nitrogen and oxygen atoms in total. The Morgan fingerprint density at radius 2 is 2.10 bits per heavy atom. The van der Waals surface area contributed by atoms with Gasteiger partial charge in [-0.1, -0.05) is 6.07 Å². The Kier molecular flexibility index (Phi) is 6.54. The van der Waals surface area contributed by atoms with E-state index in [0.29, 0.717) is 5.69 Å². The molecular formula is C13H17N3O4S. The smallest absolute Gasteiger partial charge is 0.326 e. The maximum absolute atomic E-state index is 11.8. The number of benzene rings is 1. The van der Waals surface area contributed by atoms with E-state index in [4.69, 9.17) is 10.8 Å². The monoisotopic (exact) mass is 311 g/mol. The zero-order valence-electron chi connectivity index (χ0n) is 11.5. The Balaban J connectivity index is 2.60. The van der Waals surface area contributed by atoms with E-state index < -0.39 is 23.9 Å². The molecule has 0 fully saturated rings. The molecular weight excluding hydrogens is 294 g/mol. The lowest BCUT2D eigenvalue weighted by molar-refractivity contribution is -0.139. The van der Waals surface area contributed by atoms with Crippen molar-refractivity contribution < 1.29 is 19.5 Å². The van der Waals surface area contributed by atoms with Crippen molar-refractivity contribution in [3.05, 3.63) is 24.3 Å². The molecule has 8 heteroatoms. The van der Waals surface area contributed by atoms with E-state index in [2.05, 4.69) is 10.6 Å². The van der Waals surface area contributed by atoms with Crippen molar-refractivity contribution in [2.75, 3.05) is 11.6 Å². The summed E-state index contributed by atoms with van der Waals surface area (Å²) in [6, 6.07) is 5.32. The van der Waals surface area contributed by atoms with Crippen LogP contribution in [-0.2, 0) is 9.59 Å². The summed E-state index contributed by atoms with van der Waals surface area (Å²) >= 11 is 1.52. The highest BCUT2D eigenvalue weighted by atomic mass is 32.2. The lowest BCUT2D eigenvalue weighted by Gasteiger charge is -2.14. The Morgan fingerprint density at radius 1 is 1.38 bits per heavy atom. The van der Waals surface area contributed by atoms with E-state index >= 15 is 0 Å². The average molecular weight is 311 g/mol. The van der Waals surface area contributed by atoms with Gasteiger partial charge in [-0.25, -0.2) is 9.59 Å². The van der Waals surface area contributed by atoms with Crippen LogP contribution in [0.5, 0.6) is 0 Å². The third kappa shape index (κ3) is 6.17. The Hall–Kier alpha value is -2.22. The molecule has 1 unspecified atom stereocenters. The number of carboxylic acid groups (broad SMARTS) is 1. The van der Waals surface area contributed by atoms with Crippen molar-refractivity contribution in [3.8, 4) is 0 Å². The molecule has 1 aromatic carbocycles. The van der Waals surface area contributed by atoms with Gasteiger partial charge in [-0.15, -0.1) is 11.8 Å². The molecule has 5 N–H and O–H groups in total. The summed E-state index contributed by atoms with van der Waals surface area (Å²) in [6.45, 7) is 0. The molecule has 0 aliphatic carbocycles. The highest BCUT2D eigenvalue weighted by Crippen LogP contribution is 2.18. The van der Waals surface area contributed by atoms with E-state index in [-0.39, 0.29) is 12.8 Å². The second kappa shape index (κ2) is 8.15. The standard InChI is InChI=1S/C13H17N3O4S/c1-21-9-4-2-3-8(7-9)15-13(20)16-10(12(18)19)5-6-11(14)17/h2-4,7,10H,5-6H2,1H3,(H2,14,17)(H,18,19)(H2,15,16,20). The summed E-state index contributed by atoms with van der Waals surface area (Å²) in [4.78, 5) is 34.4. The highest BCUT2D eigenvalue weighted by molar-refractivity contribution is 7.98. The maximum atomic E-state index is 11.8. The van der Waals surface area contributed by atoms with Crippen LogP contribution < -0.4 is 16.4 Å². The molecule has 0 saturated carbocycles. The minimum Gasteiger partial charge on any atom is -0.480 e. The zero-order valence-corrected chi connectivity index (χ0v) is 12.3. The summed E-state index contributed by atoms with van der Waals surface area (Å²) in [5, 5.41) is 13.8. The van der Waals surface area contributed by atoms with Crippen molar-refractivity contribution >= 4 is 35.4 Å². The summed E-state index contributed by atoms with van der Waals surface area (Å²) in [5.74, 6) is -1.83. The van der Waals surface area contributed by atoms with Crippen molar-refractivity contribution in [1.29, 1.82) is 0 Å². The second-order valence-electron chi connectivity index (χ2n) is 4.23. The Bertz CT molecular complexity index is 536. The topological polar surface area (TPSA) is 122 Å². The molecule has 1 atom stereocenters. The molecule has 0 radical (unpaired) electrons. The van der Waals surface area contributed by atoms with Gasteiger partial charge >= 0.3 is 12.0 Å². The van der Waals surface area contributed by atoms with E-state index in [0.717, 1.165) is 4.90 Å². The van der Waals surface area contributed by atoms with Crippen LogP contribution in [0.3, 0.4) is 0 Å². The summed E-state index contributed by atoms with van der Waals surface area (Å²) in [6.07, 6.45) is 1.74. The number of hydrogen-bond donors (Lipinski definition) is 4. The predicted molar refractivity (Wildman–Crippen MR) is 80.2 cm³/mol. The van der Waals surface area contributed by atoms with Gasteiger partial charge in [-0.3, -0.25) is 4.79 Å². The lowest BCUT2D eigenvalue weighted by Crippen LogP contribution is -2.43. The Labute approximate surface area is 126 Å². The quantitative estimate of drug-likeness (QED) is 0.565. The number of nitrogens with one attached hydrogen (secondary N) is 2. The van der Waals surface area contributed by atoms with Crippen LogP contribution in [0.1, 0.15) is 12.8 Å². The van der Waals surface area contributed by atoms with Gasteiger partial charge in [0.15, 0.2) is 0 Å². The molecule has 0 bridgehead atoms. The molecule has 0 aliphatic rings. The summed E-state index contributed by atoms with van der Waals surface area (Å²) < 4.78 is 0. The van der Waals surface area contributed by atoms with Gasteiger partial charge in [-0.05, 0) is 30.9 Å². The van der Waals surface area contributed by atoms with Crippen LogP contribution in [0.15, 0.2) is 29.2 Å². The average Bonchev–Trinajstić information content (AvgIpc) is 2.43. The van der Waals surface area contributed by atoms with Crippen LogP contribution >= 0.6 is 11.8 Å². The molecule has 0 aromatic heterocycles. The molecule has 3 amide bonds. The molecule has 21 heavy (non-hydrogen) atoms. The molecule has 0 heterocycles. The molecule has 0 saturated heterocycles. The van der Waals surface area contributed by atoms with Crippen LogP contribution in [0.2, 0.25) is 0 Å². The number of nitrogens with two attached hydrogens (primary N) is 1. The van der Waals surface area contributed by atoms with E-state index in [1.807, 2.05) is 12.3 Å². The van der Waals surface area contributed by atoms with Crippen LogP contribution in [0.4, 0.5) is 10.5 Å². The number of carbonyl (C=O) groups is 3. The van der Waals surface area contributed by atoms with Gasteiger partial charge < -0.3 is 21.5 Å². The number of hydrogen-bond acceptors (Lipinski definition) is 4. The number of amides is 3. The molecule has 114 valence electrons. The van der Waals surface area contributed by atoms with Gasteiger partial charge in [0.1, 0.15) is 6.04 Å². The number of aliphatic carboxylic acids is 1. The van der Waals surface area contributed by atoms with E-state index in [1.165, 1.54) is 11.8 Å². The first-order chi connectivity index (χ1) is 9.92. The first-order valence-corrected chi connectivity index (χ1v) is 7.37. The third-order valence-electron chi connectivity index (χ3n) is 2.61. The SMILES string of the molecule is CSc1cccc(NC(=O)NC(CCC(N)=O)C(=O)O)c1. The molecule has 1 rings (SSSR count). The number of urea groups is 1. The van der Waals surface area contributed by atoms with Crippen LogP contribution in [0.25, 0.3) is 0 Å². The van der Waals surface area contributed by atoms with Crippen molar-refractivity contribution in [2.45, 2.75) is 23.8 Å². The number of thioether (sulfide) groups is 1. The number of anilines is 1. The molecule has 0 spiro atoms. The normalized spacial score (nSPS) is 11.5. The van der Waals surface area contributed by atoms with E-state index in [9.17, 15) is 14.4 Å². The van der Waals surface area contributed by atoms with Gasteiger partial charge in [0.25, 0.3) is 0 Å². The van der Waals surface area contributed by atoms with Gasteiger partial charge in [0.05, 0.1) is 0 Å². The van der Waals surface area contributed by atoms with Crippen molar-refractivity contribution in [3.63, 3.8) is 0 Å². The first kappa shape index (κ1) is 16.8. The van der Waals surface area contributed by atoms with Crippen molar-refractivity contribution in [2.24, 2.45) is 5.73 Å². The summed E-state index contributed by atoms with van der Waals surface area (Å²) in [5.41, 5.74) is 5.52. The number of primary amides is 1. The Morgan fingerprint density at radius 3 is 2.67 bits per heavy atom. The van der Waals surface area contributed by atoms with Crippen LogP contribution in [0, 0.1) is 0 Å². The lowest BCUT2D eigenvalue weighted by atomic mass is 10.1. The molecule has 0 aliphatic heterocycles. The second-order valence-corrected chi connectivity index (χ2v) is 5.11. The number of carbonyl (C=O) groups excluding carboxylic acids is 2. The van der Waals surface area contributed by atoms with Gasteiger partial charge in [-0.2, -0.15) is 0 Å². The minimum absolute atomic E-state index is 0.0526. The fourth-order valence-electron chi connectivity index (χ4n) is 1.57. The highest BCUT2D eigenvalue weighted by Gasteiger charge is 2.20. The van der Waals surface area contributed by atoms with E-state index in [1.54, 1.807) is 18.2 Å². The first-order valence-electron chi connectivity index (χ1n) is 6.15. The predicted octanol–water partition coefficient (Wildman–Crippen LogP) is 1.25. The number of carboxylic acids is 1. The minimum atomic E-state index is -1.22.